The molecule has 0 saturated carbocycles. The third kappa shape index (κ3) is 3.58. The first kappa shape index (κ1) is 22.7. The van der Waals surface area contributed by atoms with Crippen LogP contribution in [0.15, 0.2) is 60.7 Å². The number of nitrogens with one attached hydrogen (secondary N) is 2. The molecular weight excluding hydrogens is 446 g/mol. The second-order valence-electron chi connectivity index (χ2n) is 10.1. The number of ether oxygens (including phenoxy) is 1. The molecule has 2 aliphatic rings. The van der Waals surface area contributed by atoms with Gasteiger partial charge in [-0.3, -0.25) is 4.79 Å². The molecule has 1 saturated heterocycles. The van der Waals surface area contributed by atoms with Gasteiger partial charge in [0.15, 0.2) is 5.82 Å². The number of para-hydroxylation sites is 2. The van der Waals surface area contributed by atoms with Crippen molar-refractivity contribution in [1.29, 1.82) is 0 Å². The summed E-state index contributed by atoms with van der Waals surface area (Å²) in [5.74, 6) is 1.51. The first-order valence-corrected chi connectivity index (χ1v) is 12.9. The predicted octanol–water partition coefficient (Wildman–Crippen LogP) is 4.70. The SMILES string of the molecule is CCOc1ccc(-c2c(C(C)C)ccc3c2=C(C(=O)c2nc4ccccc4[nH]2)C2(C=3)CCCN2)cc1. The fraction of sp³-hybridized carbons (Fsp3) is 0.290. The minimum Gasteiger partial charge on any atom is -0.494 e. The van der Waals surface area contributed by atoms with Gasteiger partial charge < -0.3 is 15.0 Å². The van der Waals surface area contributed by atoms with E-state index in [9.17, 15) is 4.79 Å². The van der Waals surface area contributed by atoms with Crippen LogP contribution in [0, 0.1) is 0 Å². The zero-order valence-electron chi connectivity index (χ0n) is 21.0. The van der Waals surface area contributed by atoms with Gasteiger partial charge in [0.25, 0.3) is 0 Å². The molecule has 5 heteroatoms. The molecule has 1 spiro atoms. The molecule has 2 heterocycles. The summed E-state index contributed by atoms with van der Waals surface area (Å²) in [6, 6.07) is 20.5. The lowest BCUT2D eigenvalue weighted by Gasteiger charge is -2.25. The normalized spacial score (nSPS) is 18.7. The van der Waals surface area contributed by atoms with Crippen LogP contribution in [0.2, 0.25) is 0 Å². The van der Waals surface area contributed by atoms with Gasteiger partial charge in [-0.1, -0.05) is 56.3 Å². The number of fused-ring (bicyclic) bond motifs is 2. The number of aromatic nitrogens is 2. The average molecular weight is 478 g/mol. The van der Waals surface area contributed by atoms with Gasteiger partial charge >= 0.3 is 0 Å². The van der Waals surface area contributed by atoms with E-state index in [2.05, 4.69) is 54.5 Å². The molecule has 182 valence electrons. The molecule has 5 nitrogen and oxygen atoms in total. The molecule has 1 aliphatic carbocycles. The Morgan fingerprint density at radius 1 is 1.08 bits per heavy atom. The number of hydrogen-bond acceptors (Lipinski definition) is 4. The van der Waals surface area contributed by atoms with Gasteiger partial charge in [0, 0.05) is 5.57 Å². The number of ketones is 1. The molecule has 36 heavy (non-hydrogen) atoms. The molecule has 2 N–H and O–H groups in total. The summed E-state index contributed by atoms with van der Waals surface area (Å²) < 4.78 is 5.70. The molecule has 6 rings (SSSR count). The van der Waals surface area contributed by atoms with Crippen LogP contribution < -0.4 is 20.5 Å². The van der Waals surface area contributed by atoms with Crippen molar-refractivity contribution in [1.82, 2.24) is 15.3 Å². The number of H-pyrrole nitrogens is 1. The van der Waals surface area contributed by atoms with Crippen molar-refractivity contribution in [3.8, 4) is 16.9 Å². The Morgan fingerprint density at radius 3 is 2.58 bits per heavy atom. The molecule has 1 atom stereocenters. The van der Waals surface area contributed by atoms with Crippen molar-refractivity contribution in [2.45, 2.75) is 45.1 Å². The van der Waals surface area contributed by atoms with Crippen LogP contribution in [-0.4, -0.2) is 34.4 Å². The largest absolute Gasteiger partial charge is 0.494 e. The minimum atomic E-state index is -0.478. The first-order valence-electron chi connectivity index (χ1n) is 12.9. The van der Waals surface area contributed by atoms with Crippen LogP contribution in [0.3, 0.4) is 0 Å². The van der Waals surface area contributed by atoms with Crippen LogP contribution in [0.4, 0.5) is 0 Å². The number of carbonyl (C=O) groups excluding carboxylic acids is 1. The molecule has 1 aliphatic heterocycles. The third-order valence-electron chi connectivity index (χ3n) is 7.46. The topological polar surface area (TPSA) is 67.0 Å². The van der Waals surface area contributed by atoms with Crippen LogP contribution in [0.1, 0.15) is 55.7 Å². The molecule has 1 unspecified atom stereocenters. The van der Waals surface area contributed by atoms with Crippen molar-refractivity contribution in [3.05, 3.63) is 82.5 Å². The van der Waals surface area contributed by atoms with Gasteiger partial charge in [-0.2, -0.15) is 0 Å². The van der Waals surface area contributed by atoms with E-state index in [1.807, 2.05) is 43.3 Å². The Kier molecular flexibility index (Phi) is 5.53. The molecule has 4 aromatic rings. The maximum Gasteiger partial charge on any atom is 0.227 e. The number of imidazole rings is 1. The van der Waals surface area contributed by atoms with E-state index in [0.29, 0.717) is 18.3 Å². The summed E-state index contributed by atoms with van der Waals surface area (Å²) in [6.45, 7) is 7.93. The summed E-state index contributed by atoms with van der Waals surface area (Å²) in [4.78, 5) is 22.3. The summed E-state index contributed by atoms with van der Waals surface area (Å²) >= 11 is 0. The van der Waals surface area contributed by atoms with E-state index in [4.69, 9.17) is 9.72 Å². The van der Waals surface area contributed by atoms with E-state index in [1.165, 1.54) is 5.56 Å². The van der Waals surface area contributed by atoms with E-state index >= 15 is 0 Å². The van der Waals surface area contributed by atoms with Crippen molar-refractivity contribution >= 4 is 28.5 Å². The summed E-state index contributed by atoms with van der Waals surface area (Å²) in [5, 5.41) is 5.83. The standard InChI is InChI=1S/C31H31N3O2/c1-4-36-22-13-10-20(11-14-22)26-23(19(2)3)15-12-21-18-31(16-7-17-32-31)28(27(21)26)29(35)30-33-24-8-5-6-9-25(24)34-30/h5-6,8-15,18-19,32H,4,7,16-17H2,1-3H3,(H,33,34). The maximum atomic E-state index is 14.3. The van der Waals surface area contributed by atoms with E-state index < -0.39 is 5.54 Å². The highest BCUT2D eigenvalue weighted by molar-refractivity contribution is 6.28. The van der Waals surface area contributed by atoms with Gasteiger partial charge in [0.2, 0.25) is 5.78 Å². The van der Waals surface area contributed by atoms with Crippen LogP contribution in [0.5, 0.6) is 5.75 Å². The van der Waals surface area contributed by atoms with Crippen molar-refractivity contribution in [2.24, 2.45) is 0 Å². The molecule has 1 aromatic heterocycles. The highest BCUT2D eigenvalue weighted by Crippen LogP contribution is 2.36. The molecular formula is C31H31N3O2. The Morgan fingerprint density at radius 2 is 1.89 bits per heavy atom. The first-order chi connectivity index (χ1) is 17.5. The van der Waals surface area contributed by atoms with E-state index in [-0.39, 0.29) is 5.78 Å². The summed E-state index contributed by atoms with van der Waals surface area (Å²) in [5.41, 5.74) is 5.47. The highest BCUT2D eigenvalue weighted by atomic mass is 16.5. The lowest BCUT2D eigenvalue weighted by Crippen LogP contribution is -2.41. The number of Topliss-reactive ketones (excluding diaryl/α,β-unsaturated/α-hetero) is 1. The molecule has 0 radical (unpaired) electrons. The van der Waals surface area contributed by atoms with Crippen LogP contribution in [0.25, 0.3) is 33.8 Å². The van der Waals surface area contributed by atoms with Crippen molar-refractivity contribution in [2.75, 3.05) is 13.2 Å². The Bertz CT molecular complexity index is 1560. The average Bonchev–Trinajstić information content (AvgIpc) is 3.60. The molecule has 3 aromatic carbocycles. The van der Waals surface area contributed by atoms with Crippen molar-refractivity contribution < 1.29 is 9.53 Å². The number of nitrogens with zero attached hydrogens (tertiary/aromatic N) is 1. The smallest absolute Gasteiger partial charge is 0.227 e. The van der Waals surface area contributed by atoms with Gasteiger partial charge in [0.1, 0.15) is 5.75 Å². The molecule has 0 bridgehead atoms. The fourth-order valence-electron chi connectivity index (χ4n) is 5.86. The van der Waals surface area contributed by atoms with Crippen LogP contribution in [-0.2, 0) is 0 Å². The lowest BCUT2D eigenvalue weighted by molar-refractivity contribution is 0.103. The second kappa shape index (κ2) is 8.75. The Hall–Kier alpha value is -3.70. The van der Waals surface area contributed by atoms with Gasteiger partial charge in [-0.05, 0) is 83.6 Å². The molecule has 1 fully saturated rings. The number of aromatic amines is 1. The summed E-state index contributed by atoms with van der Waals surface area (Å²) in [7, 11) is 0. The monoisotopic (exact) mass is 477 g/mol. The van der Waals surface area contributed by atoms with Gasteiger partial charge in [0.05, 0.1) is 23.2 Å². The van der Waals surface area contributed by atoms with E-state index in [0.717, 1.165) is 63.3 Å². The quantitative estimate of drug-likeness (QED) is 0.395. The Labute approximate surface area is 210 Å². The summed E-state index contributed by atoms with van der Waals surface area (Å²) in [6.07, 6.45) is 4.19. The van der Waals surface area contributed by atoms with Crippen molar-refractivity contribution in [3.63, 3.8) is 0 Å². The number of hydrogen-bond donors (Lipinski definition) is 2. The fourth-order valence-corrected chi connectivity index (χ4v) is 5.86. The van der Waals surface area contributed by atoms with Crippen LogP contribution >= 0.6 is 0 Å². The van der Waals surface area contributed by atoms with E-state index in [1.54, 1.807) is 0 Å². The van der Waals surface area contributed by atoms with Gasteiger partial charge in [-0.25, -0.2) is 4.98 Å². The maximum absolute atomic E-state index is 14.3. The van der Waals surface area contributed by atoms with Gasteiger partial charge in [-0.15, -0.1) is 0 Å². The minimum absolute atomic E-state index is 0.0382. The Balaban J connectivity index is 1.65. The second-order valence-corrected chi connectivity index (χ2v) is 10.1. The lowest BCUT2D eigenvalue weighted by atomic mass is 9.84. The number of rotatable bonds is 6. The number of benzene rings is 3. The molecule has 0 amide bonds. The number of carbonyl (C=O) groups is 1. The third-order valence-corrected chi connectivity index (χ3v) is 7.46. The zero-order valence-corrected chi connectivity index (χ0v) is 21.0. The zero-order chi connectivity index (χ0) is 24.9. The highest BCUT2D eigenvalue weighted by Gasteiger charge is 2.43. The predicted molar refractivity (Wildman–Crippen MR) is 145 cm³/mol.